The molecule has 9 heteroatoms. The molecular formula is C30H24F2N2O4S. The van der Waals surface area contributed by atoms with Gasteiger partial charge in [-0.1, -0.05) is 47.7 Å². The molecule has 0 fully saturated rings. The second-order valence-corrected chi connectivity index (χ2v) is 9.85. The zero-order chi connectivity index (χ0) is 27.5. The van der Waals surface area contributed by atoms with Gasteiger partial charge in [0.05, 0.1) is 28.5 Å². The number of benzene rings is 3. The minimum atomic E-state index is -0.801. The molecule has 6 nitrogen and oxygen atoms in total. The standard InChI is InChI=1S/C30H24F2N2O4S/c1-3-37-29(36)26-18(2)33-30-34(27(26)21-8-12-23(32)13-9-21)28(35)25(39-30)16-19-6-14-24(15-7-19)38-17-20-4-10-22(31)11-5-20/h4-16,27H,3,17H2,1-2H3/b25-16-/t27-/m1/s1. The summed E-state index contributed by atoms with van der Waals surface area (Å²) in [6, 6.07) is 18.2. The molecule has 2 heterocycles. The Labute approximate surface area is 226 Å². The molecule has 0 radical (unpaired) electrons. The average Bonchev–Trinajstić information content (AvgIpc) is 3.23. The molecule has 0 N–H and O–H groups in total. The molecule has 1 aliphatic rings. The fourth-order valence-corrected chi connectivity index (χ4v) is 5.36. The quantitative estimate of drug-likeness (QED) is 0.317. The first-order valence-electron chi connectivity index (χ1n) is 12.3. The number of halogens is 2. The second-order valence-electron chi connectivity index (χ2n) is 8.84. The van der Waals surface area contributed by atoms with Crippen molar-refractivity contribution in [3.8, 4) is 5.75 Å². The number of carbonyl (C=O) groups is 1. The Morgan fingerprint density at radius 1 is 1.00 bits per heavy atom. The van der Waals surface area contributed by atoms with Gasteiger partial charge in [0, 0.05) is 0 Å². The molecule has 0 aliphatic carbocycles. The van der Waals surface area contributed by atoms with E-state index in [1.54, 1.807) is 56.3 Å². The summed E-state index contributed by atoms with van der Waals surface area (Å²) in [4.78, 5) is 31.5. The summed E-state index contributed by atoms with van der Waals surface area (Å²) in [5, 5.41) is 0. The molecule has 1 atom stereocenters. The zero-order valence-corrected chi connectivity index (χ0v) is 22.0. The lowest BCUT2D eigenvalue weighted by Crippen LogP contribution is -2.39. The van der Waals surface area contributed by atoms with Crippen molar-refractivity contribution in [3.05, 3.63) is 132 Å². The average molecular weight is 547 g/mol. The van der Waals surface area contributed by atoms with Crippen LogP contribution < -0.4 is 19.6 Å². The smallest absolute Gasteiger partial charge is 0.338 e. The number of fused-ring (bicyclic) bond motifs is 1. The summed E-state index contributed by atoms with van der Waals surface area (Å²) in [6.07, 6.45) is 1.75. The Hall–Kier alpha value is -4.37. The number of ether oxygens (including phenoxy) is 2. The molecular weight excluding hydrogens is 522 g/mol. The third kappa shape index (κ3) is 5.58. The monoisotopic (exact) mass is 546 g/mol. The van der Waals surface area contributed by atoms with Crippen LogP contribution in [0.1, 0.15) is 36.6 Å². The molecule has 1 aliphatic heterocycles. The molecule has 0 unspecified atom stereocenters. The lowest BCUT2D eigenvalue weighted by Gasteiger charge is -2.24. The Morgan fingerprint density at radius 3 is 2.28 bits per heavy atom. The van der Waals surface area contributed by atoms with E-state index in [0.29, 0.717) is 33.0 Å². The number of allylic oxidation sites excluding steroid dienone is 1. The van der Waals surface area contributed by atoms with Crippen LogP contribution in [0.5, 0.6) is 5.75 Å². The summed E-state index contributed by atoms with van der Waals surface area (Å²) in [5.74, 6) is -0.665. The van der Waals surface area contributed by atoms with Crippen molar-refractivity contribution in [1.29, 1.82) is 0 Å². The van der Waals surface area contributed by atoms with E-state index in [0.717, 1.165) is 11.1 Å². The third-order valence-electron chi connectivity index (χ3n) is 6.20. The van der Waals surface area contributed by atoms with Crippen LogP contribution in [0.15, 0.2) is 93.9 Å². The summed E-state index contributed by atoms with van der Waals surface area (Å²) in [5.41, 5.74) is 2.55. The van der Waals surface area contributed by atoms with Crippen molar-refractivity contribution in [2.45, 2.75) is 26.5 Å². The molecule has 0 saturated carbocycles. The first-order chi connectivity index (χ1) is 18.8. The SMILES string of the molecule is CCOC(=O)C1=C(C)N=c2s/c(=C\c3ccc(OCc4ccc(F)cc4)cc3)c(=O)n2[C@@H]1c1ccc(F)cc1. The van der Waals surface area contributed by atoms with Gasteiger partial charge in [0.25, 0.3) is 5.56 Å². The maximum absolute atomic E-state index is 13.7. The van der Waals surface area contributed by atoms with Crippen LogP contribution in [-0.4, -0.2) is 17.1 Å². The van der Waals surface area contributed by atoms with E-state index in [1.807, 2.05) is 12.1 Å². The number of rotatable bonds is 7. The van der Waals surface area contributed by atoms with E-state index < -0.39 is 17.8 Å². The summed E-state index contributed by atoms with van der Waals surface area (Å²) in [7, 11) is 0. The summed E-state index contributed by atoms with van der Waals surface area (Å²) < 4.78 is 39.7. The summed E-state index contributed by atoms with van der Waals surface area (Å²) in [6.45, 7) is 3.86. The molecule has 1 aromatic heterocycles. The van der Waals surface area contributed by atoms with Gasteiger partial charge in [-0.2, -0.15) is 0 Å². The van der Waals surface area contributed by atoms with E-state index >= 15 is 0 Å². The molecule has 198 valence electrons. The van der Waals surface area contributed by atoms with Gasteiger partial charge >= 0.3 is 5.97 Å². The first kappa shape index (κ1) is 26.2. The van der Waals surface area contributed by atoms with Crippen molar-refractivity contribution in [3.63, 3.8) is 0 Å². The predicted octanol–water partition coefficient (Wildman–Crippen LogP) is 4.66. The van der Waals surface area contributed by atoms with E-state index in [2.05, 4.69) is 4.99 Å². The number of thiazole rings is 1. The van der Waals surface area contributed by atoms with Crippen molar-refractivity contribution >= 4 is 23.4 Å². The van der Waals surface area contributed by atoms with Crippen LogP contribution in [0, 0.1) is 11.6 Å². The largest absolute Gasteiger partial charge is 0.489 e. The topological polar surface area (TPSA) is 69.9 Å². The first-order valence-corrected chi connectivity index (χ1v) is 13.1. The number of hydrogen-bond donors (Lipinski definition) is 0. The van der Waals surface area contributed by atoms with Gasteiger partial charge in [-0.15, -0.1) is 0 Å². The highest BCUT2D eigenvalue weighted by atomic mass is 32.1. The normalized spacial score (nSPS) is 15.1. The van der Waals surface area contributed by atoms with Crippen LogP contribution in [0.2, 0.25) is 0 Å². The third-order valence-corrected chi connectivity index (χ3v) is 7.18. The van der Waals surface area contributed by atoms with Crippen LogP contribution >= 0.6 is 11.3 Å². The van der Waals surface area contributed by atoms with Crippen molar-refractivity contribution in [2.24, 2.45) is 4.99 Å². The van der Waals surface area contributed by atoms with Crippen molar-refractivity contribution < 1.29 is 23.0 Å². The van der Waals surface area contributed by atoms with E-state index in [9.17, 15) is 18.4 Å². The lowest BCUT2D eigenvalue weighted by molar-refractivity contribution is -0.139. The van der Waals surface area contributed by atoms with Gasteiger partial charge in [-0.3, -0.25) is 9.36 Å². The molecule has 3 aromatic carbocycles. The van der Waals surface area contributed by atoms with Crippen LogP contribution in [-0.2, 0) is 16.1 Å². The van der Waals surface area contributed by atoms with E-state index in [-0.39, 0.29) is 23.6 Å². The number of carbonyl (C=O) groups excluding carboxylic acids is 1. The highest BCUT2D eigenvalue weighted by Crippen LogP contribution is 2.30. The Balaban J connectivity index is 1.48. The van der Waals surface area contributed by atoms with Gasteiger partial charge in [-0.25, -0.2) is 18.6 Å². The number of nitrogens with zero attached hydrogens (tertiary/aromatic N) is 2. The molecule has 0 bridgehead atoms. The zero-order valence-electron chi connectivity index (χ0n) is 21.2. The van der Waals surface area contributed by atoms with Gasteiger partial charge in [-0.05, 0) is 73.0 Å². The Kier molecular flexibility index (Phi) is 7.51. The highest BCUT2D eigenvalue weighted by Gasteiger charge is 2.33. The second kappa shape index (κ2) is 11.2. The molecule has 0 spiro atoms. The molecule has 0 saturated heterocycles. The van der Waals surface area contributed by atoms with Crippen molar-refractivity contribution in [1.82, 2.24) is 4.57 Å². The predicted molar refractivity (Wildman–Crippen MR) is 144 cm³/mol. The van der Waals surface area contributed by atoms with Crippen LogP contribution in [0.3, 0.4) is 0 Å². The molecule has 39 heavy (non-hydrogen) atoms. The molecule has 5 rings (SSSR count). The molecule has 4 aromatic rings. The number of esters is 1. The maximum Gasteiger partial charge on any atom is 0.338 e. The Bertz CT molecular complexity index is 1720. The highest BCUT2D eigenvalue weighted by molar-refractivity contribution is 7.07. The van der Waals surface area contributed by atoms with Crippen LogP contribution in [0.4, 0.5) is 8.78 Å². The van der Waals surface area contributed by atoms with Gasteiger partial charge in [0.1, 0.15) is 24.0 Å². The fraction of sp³-hybridized carbons (Fsp3) is 0.167. The van der Waals surface area contributed by atoms with Gasteiger partial charge in [0.2, 0.25) is 0 Å². The Morgan fingerprint density at radius 2 is 1.64 bits per heavy atom. The maximum atomic E-state index is 13.7. The van der Waals surface area contributed by atoms with Crippen LogP contribution in [0.25, 0.3) is 6.08 Å². The lowest BCUT2D eigenvalue weighted by atomic mass is 9.96. The number of aromatic nitrogens is 1. The number of hydrogen-bond acceptors (Lipinski definition) is 6. The van der Waals surface area contributed by atoms with Gasteiger partial charge < -0.3 is 9.47 Å². The van der Waals surface area contributed by atoms with E-state index in [1.165, 1.54) is 40.2 Å². The minimum absolute atomic E-state index is 0.166. The fourth-order valence-electron chi connectivity index (χ4n) is 4.31. The van der Waals surface area contributed by atoms with E-state index in [4.69, 9.17) is 9.47 Å². The van der Waals surface area contributed by atoms with Crippen molar-refractivity contribution in [2.75, 3.05) is 6.61 Å². The van der Waals surface area contributed by atoms with Gasteiger partial charge in [0.15, 0.2) is 4.80 Å². The minimum Gasteiger partial charge on any atom is -0.489 e. The summed E-state index contributed by atoms with van der Waals surface area (Å²) >= 11 is 1.21. The molecule has 0 amide bonds.